The van der Waals surface area contributed by atoms with E-state index in [1.807, 2.05) is 24.3 Å². The number of rotatable bonds is 9. The third-order valence-corrected chi connectivity index (χ3v) is 5.65. The van der Waals surface area contributed by atoms with Gasteiger partial charge in [-0.25, -0.2) is 4.79 Å². The Labute approximate surface area is 208 Å². The van der Waals surface area contributed by atoms with Gasteiger partial charge in [0.05, 0.1) is 6.10 Å². The number of carbonyl (C=O) groups excluding carboxylic acids is 4. The Morgan fingerprint density at radius 2 is 1.44 bits per heavy atom. The lowest BCUT2D eigenvalue weighted by Gasteiger charge is -2.43. The molecule has 0 radical (unpaired) electrons. The van der Waals surface area contributed by atoms with Crippen LogP contribution in [0, 0.1) is 0 Å². The lowest BCUT2D eigenvalue weighted by molar-refractivity contribution is -0.292. The predicted molar refractivity (Wildman–Crippen MR) is 128 cm³/mol. The third-order valence-electron chi connectivity index (χ3n) is 5.65. The first-order valence-electron chi connectivity index (χ1n) is 12.0. The molecule has 10 heteroatoms. The smallest absolute Gasteiger partial charge is 0.333 e. The molecule has 1 fully saturated rings. The molecule has 0 aliphatic carbocycles. The summed E-state index contributed by atoms with van der Waals surface area (Å²) in [7, 11) is 0. The Kier molecular flexibility index (Phi) is 9.24. The van der Waals surface area contributed by atoms with E-state index in [4.69, 9.17) is 23.7 Å². The SMILES string of the molecule is CCC(=O)O[C@H]1[C@H](OC(=O)CC)[C@H](OC(=O)/C=C/c2c[nH]c3ccccc23)O[C@@H](C)[C@H]1OC(=O)CC. The average Bonchev–Trinajstić information content (AvgIpc) is 3.29. The summed E-state index contributed by atoms with van der Waals surface area (Å²) in [5, 5.41) is 0.922. The van der Waals surface area contributed by atoms with Crippen molar-refractivity contribution in [3.05, 3.63) is 42.1 Å². The van der Waals surface area contributed by atoms with Crippen LogP contribution in [0.4, 0.5) is 0 Å². The van der Waals surface area contributed by atoms with Gasteiger partial charge in [0.2, 0.25) is 12.4 Å². The molecule has 1 N–H and O–H groups in total. The highest BCUT2D eigenvalue weighted by Gasteiger charge is 2.52. The van der Waals surface area contributed by atoms with Gasteiger partial charge in [0, 0.05) is 48.0 Å². The number of esters is 4. The summed E-state index contributed by atoms with van der Waals surface area (Å²) in [4.78, 5) is 52.3. The van der Waals surface area contributed by atoms with Crippen LogP contribution >= 0.6 is 0 Å². The Bertz CT molecular complexity index is 1120. The molecular weight excluding hydrogens is 470 g/mol. The Morgan fingerprint density at radius 1 is 0.861 bits per heavy atom. The first kappa shape index (κ1) is 26.9. The van der Waals surface area contributed by atoms with Crippen LogP contribution in [0.1, 0.15) is 52.5 Å². The minimum atomic E-state index is -1.40. The molecule has 5 atom stereocenters. The summed E-state index contributed by atoms with van der Waals surface area (Å²) in [6.07, 6.45) is -1.19. The number of aromatic amines is 1. The van der Waals surface area contributed by atoms with Crippen LogP contribution in [0.15, 0.2) is 36.5 Å². The van der Waals surface area contributed by atoms with Crippen molar-refractivity contribution in [1.29, 1.82) is 0 Å². The van der Waals surface area contributed by atoms with Crippen molar-refractivity contribution in [1.82, 2.24) is 4.98 Å². The van der Waals surface area contributed by atoms with Crippen LogP contribution in [0.2, 0.25) is 0 Å². The number of para-hydroxylation sites is 1. The second kappa shape index (κ2) is 12.3. The maximum atomic E-state index is 12.7. The van der Waals surface area contributed by atoms with Gasteiger partial charge in [-0.15, -0.1) is 0 Å². The zero-order valence-corrected chi connectivity index (χ0v) is 20.7. The first-order chi connectivity index (χ1) is 17.3. The lowest BCUT2D eigenvalue weighted by Crippen LogP contribution is -2.61. The summed E-state index contributed by atoms with van der Waals surface area (Å²) in [6, 6.07) is 7.60. The first-order valence-corrected chi connectivity index (χ1v) is 12.0. The number of carbonyl (C=O) groups is 4. The molecule has 1 saturated heterocycles. The van der Waals surface area contributed by atoms with E-state index >= 15 is 0 Å². The summed E-state index contributed by atoms with van der Waals surface area (Å²) >= 11 is 0. The van der Waals surface area contributed by atoms with Crippen LogP contribution in [0.3, 0.4) is 0 Å². The number of aromatic nitrogens is 1. The van der Waals surface area contributed by atoms with E-state index in [0.717, 1.165) is 16.5 Å². The van der Waals surface area contributed by atoms with Gasteiger partial charge >= 0.3 is 23.9 Å². The standard InChI is InChI=1S/C26H31NO9/c1-5-19(28)33-23-15(4)32-26(25(35-21(30)7-3)24(23)34-20(29)6-2)36-22(31)13-12-16-14-27-18-11-9-8-10-17(16)18/h8-15,23-27H,5-7H2,1-4H3/b13-12+/t15-,23+,24+,25-,26-/m0/s1. The van der Waals surface area contributed by atoms with Crippen molar-refractivity contribution < 1.29 is 42.9 Å². The van der Waals surface area contributed by atoms with Crippen LogP contribution in [0.5, 0.6) is 0 Å². The number of H-pyrrole nitrogens is 1. The molecule has 10 nitrogen and oxygen atoms in total. The molecule has 0 unspecified atom stereocenters. The zero-order chi connectivity index (χ0) is 26.2. The summed E-state index contributed by atoms with van der Waals surface area (Å²) in [5.41, 5.74) is 1.69. The van der Waals surface area contributed by atoms with Gasteiger partial charge in [-0.3, -0.25) is 14.4 Å². The number of ether oxygens (including phenoxy) is 5. The van der Waals surface area contributed by atoms with Crippen molar-refractivity contribution >= 4 is 40.9 Å². The van der Waals surface area contributed by atoms with Gasteiger partial charge in [-0.2, -0.15) is 0 Å². The summed E-state index contributed by atoms with van der Waals surface area (Å²) < 4.78 is 27.7. The molecule has 3 rings (SSSR count). The number of hydrogen-bond donors (Lipinski definition) is 1. The molecular formula is C26H31NO9. The normalized spacial score (nSPS) is 23.8. The molecule has 36 heavy (non-hydrogen) atoms. The van der Waals surface area contributed by atoms with E-state index in [0.29, 0.717) is 0 Å². The van der Waals surface area contributed by atoms with Crippen molar-refractivity contribution in [3.8, 4) is 0 Å². The van der Waals surface area contributed by atoms with Crippen molar-refractivity contribution in [2.45, 2.75) is 77.7 Å². The fourth-order valence-electron chi connectivity index (χ4n) is 3.74. The molecule has 194 valence electrons. The molecule has 2 aromatic rings. The van der Waals surface area contributed by atoms with Crippen LogP contribution in [0.25, 0.3) is 17.0 Å². The average molecular weight is 502 g/mol. The van der Waals surface area contributed by atoms with E-state index in [2.05, 4.69) is 4.98 Å². The second-order valence-corrected chi connectivity index (χ2v) is 8.19. The number of nitrogens with one attached hydrogen (secondary N) is 1. The fourth-order valence-corrected chi connectivity index (χ4v) is 3.74. The van der Waals surface area contributed by atoms with E-state index in [1.54, 1.807) is 40.0 Å². The second-order valence-electron chi connectivity index (χ2n) is 8.19. The molecule has 0 bridgehead atoms. The Morgan fingerprint density at radius 3 is 2.08 bits per heavy atom. The molecule has 0 spiro atoms. The van der Waals surface area contributed by atoms with Gasteiger partial charge < -0.3 is 28.7 Å². The molecule has 2 heterocycles. The quantitative estimate of drug-likeness (QED) is 0.312. The predicted octanol–water partition coefficient (Wildman–Crippen LogP) is 3.43. The van der Waals surface area contributed by atoms with Crippen molar-refractivity contribution in [3.63, 3.8) is 0 Å². The number of fused-ring (bicyclic) bond motifs is 1. The van der Waals surface area contributed by atoms with Crippen molar-refractivity contribution in [2.24, 2.45) is 0 Å². The number of hydrogen-bond acceptors (Lipinski definition) is 9. The lowest BCUT2D eigenvalue weighted by atomic mass is 9.98. The minimum absolute atomic E-state index is 0.0149. The van der Waals surface area contributed by atoms with Gasteiger partial charge in [0.1, 0.15) is 0 Å². The summed E-state index contributed by atoms with van der Waals surface area (Å²) in [5.74, 6) is -2.55. The van der Waals surface area contributed by atoms with Crippen LogP contribution < -0.4 is 0 Å². The van der Waals surface area contributed by atoms with E-state index in [9.17, 15) is 19.2 Å². The highest BCUT2D eigenvalue weighted by atomic mass is 16.7. The minimum Gasteiger partial charge on any atom is -0.455 e. The van der Waals surface area contributed by atoms with E-state index in [-0.39, 0.29) is 19.3 Å². The van der Waals surface area contributed by atoms with E-state index < -0.39 is 54.6 Å². The third kappa shape index (κ3) is 6.51. The van der Waals surface area contributed by atoms with Crippen molar-refractivity contribution in [2.75, 3.05) is 0 Å². The molecule has 1 aliphatic rings. The largest absolute Gasteiger partial charge is 0.455 e. The van der Waals surface area contributed by atoms with Gasteiger partial charge in [-0.05, 0) is 19.1 Å². The van der Waals surface area contributed by atoms with E-state index in [1.165, 1.54) is 6.08 Å². The highest BCUT2D eigenvalue weighted by molar-refractivity contribution is 5.94. The maximum Gasteiger partial charge on any atom is 0.333 e. The molecule has 1 aromatic carbocycles. The molecule has 1 aromatic heterocycles. The topological polar surface area (TPSA) is 130 Å². The summed E-state index contributed by atoms with van der Waals surface area (Å²) in [6.45, 7) is 6.38. The molecule has 0 amide bonds. The van der Waals surface area contributed by atoms with Crippen LogP contribution in [-0.4, -0.2) is 59.6 Å². The fraction of sp³-hybridized carbons (Fsp3) is 0.462. The Hall–Kier alpha value is -3.66. The molecule has 1 aliphatic heterocycles. The maximum absolute atomic E-state index is 12.7. The Balaban J connectivity index is 1.85. The monoisotopic (exact) mass is 501 g/mol. The van der Waals surface area contributed by atoms with Gasteiger partial charge in [0.25, 0.3) is 0 Å². The number of benzene rings is 1. The molecule has 0 saturated carbocycles. The van der Waals surface area contributed by atoms with Gasteiger partial charge in [-0.1, -0.05) is 39.0 Å². The highest BCUT2D eigenvalue weighted by Crippen LogP contribution is 2.30. The van der Waals surface area contributed by atoms with Crippen LogP contribution in [-0.2, 0) is 42.9 Å². The zero-order valence-electron chi connectivity index (χ0n) is 20.7. The van der Waals surface area contributed by atoms with Gasteiger partial charge in [0.15, 0.2) is 12.2 Å².